The van der Waals surface area contributed by atoms with Crippen LogP contribution in [-0.2, 0) is 12.8 Å². The number of thiophene rings is 1. The predicted octanol–water partition coefficient (Wildman–Crippen LogP) is 6.42. The molecule has 0 saturated heterocycles. The van der Waals surface area contributed by atoms with Gasteiger partial charge in [0.1, 0.15) is 11.0 Å². The molecule has 1 N–H and O–H groups in total. The highest BCUT2D eigenvalue weighted by Gasteiger charge is 2.36. The van der Waals surface area contributed by atoms with Crippen LogP contribution in [0.25, 0.3) is 0 Å². The third kappa shape index (κ3) is 3.59. The van der Waals surface area contributed by atoms with Crippen LogP contribution < -0.4 is 5.32 Å². The molecule has 29 heavy (non-hydrogen) atoms. The normalized spacial score (nSPS) is 18.4. The van der Waals surface area contributed by atoms with Gasteiger partial charge in [-0.2, -0.15) is 5.10 Å². The Hall–Kier alpha value is -2.21. The second-order valence-corrected chi connectivity index (χ2v) is 9.27. The van der Waals surface area contributed by atoms with Gasteiger partial charge in [-0.3, -0.25) is 0 Å². The number of nitrogens with one attached hydrogen (secondary N) is 1. The fourth-order valence-corrected chi connectivity index (χ4v) is 5.87. The molecule has 2 heterocycles. The van der Waals surface area contributed by atoms with Crippen molar-refractivity contribution in [3.8, 4) is 0 Å². The molecule has 0 fully saturated rings. The van der Waals surface area contributed by atoms with Crippen molar-refractivity contribution in [1.29, 1.82) is 0 Å². The third-order valence-corrected chi connectivity index (χ3v) is 7.24. The van der Waals surface area contributed by atoms with Crippen molar-refractivity contribution in [3.63, 3.8) is 0 Å². The van der Waals surface area contributed by atoms with Gasteiger partial charge in [0, 0.05) is 15.5 Å². The number of thiocarbonyl (C=S) groups is 1. The van der Waals surface area contributed by atoms with E-state index in [9.17, 15) is 0 Å². The number of aryl methyl sites for hydroxylation is 1. The topological polar surface area (TPSA) is 27.6 Å². The maximum Gasteiger partial charge on any atom is 0.195 e. The number of hydrazone groups is 1. The third-order valence-electron chi connectivity index (χ3n) is 5.48. The molecule has 0 radical (unpaired) electrons. The van der Waals surface area contributed by atoms with E-state index >= 15 is 0 Å². The molecule has 6 heteroatoms. The molecule has 0 saturated carbocycles. The monoisotopic (exact) mass is 437 g/mol. The van der Waals surface area contributed by atoms with Crippen molar-refractivity contribution in [2.24, 2.45) is 5.10 Å². The van der Waals surface area contributed by atoms with Crippen molar-refractivity contribution in [2.45, 2.75) is 31.7 Å². The van der Waals surface area contributed by atoms with Crippen LogP contribution in [0.15, 0.2) is 59.7 Å². The van der Waals surface area contributed by atoms with Crippen molar-refractivity contribution < 1.29 is 0 Å². The van der Waals surface area contributed by atoms with Crippen LogP contribution in [0.1, 0.15) is 46.0 Å². The highest BCUT2D eigenvalue weighted by atomic mass is 35.5. The van der Waals surface area contributed by atoms with Gasteiger partial charge in [0.05, 0.1) is 6.21 Å². The summed E-state index contributed by atoms with van der Waals surface area (Å²) in [5.74, 6) is 0. The average molecular weight is 438 g/mol. The Balaban J connectivity index is 1.61. The molecule has 2 aromatic carbocycles. The summed E-state index contributed by atoms with van der Waals surface area (Å²) in [5, 5.41) is 12.8. The smallest absolute Gasteiger partial charge is 0.195 e. The molecule has 1 atom stereocenters. The zero-order valence-corrected chi connectivity index (χ0v) is 18.2. The lowest BCUT2D eigenvalue weighted by Gasteiger charge is -2.35. The number of fused-ring (bicyclic) bond motifs is 3. The fourth-order valence-electron chi connectivity index (χ4n) is 4.11. The zero-order valence-electron chi connectivity index (χ0n) is 15.8. The Morgan fingerprint density at radius 1 is 1.07 bits per heavy atom. The molecule has 1 aliphatic heterocycles. The Labute approximate surface area is 185 Å². The zero-order chi connectivity index (χ0) is 19.8. The maximum atomic E-state index is 6.01. The van der Waals surface area contributed by atoms with Gasteiger partial charge in [-0.15, -0.1) is 11.3 Å². The summed E-state index contributed by atoms with van der Waals surface area (Å²) in [6, 6.07) is 18.2. The van der Waals surface area contributed by atoms with E-state index in [-0.39, 0.29) is 6.04 Å². The quantitative estimate of drug-likeness (QED) is 0.378. The maximum absolute atomic E-state index is 6.01. The number of hydrogen-bond donors (Lipinski definition) is 1. The van der Waals surface area contributed by atoms with E-state index in [1.54, 1.807) is 0 Å². The van der Waals surface area contributed by atoms with Crippen LogP contribution in [0.3, 0.4) is 0 Å². The largest absolute Gasteiger partial charge is 0.322 e. The standard InChI is InChI=1S/C23H20ClN3S2/c24-17-12-10-15(11-13-17)14-25-27-21(16-6-2-1-3-7-16)20-18-8-4-5-9-19(18)29-22(20)26-23(27)28/h1-3,6-7,10-14,21H,4-5,8-9H2,(H,26,28). The van der Waals surface area contributed by atoms with E-state index in [0.29, 0.717) is 10.1 Å². The fraction of sp³-hybridized carbons (Fsp3) is 0.217. The molecular formula is C23H20ClN3S2. The molecule has 3 aromatic rings. The molecule has 5 rings (SSSR count). The SMILES string of the molecule is S=C1Nc2sc3c(c2C(c2ccccc2)N1N=Cc1ccc(Cl)cc1)CCCC3. The van der Waals surface area contributed by atoms with Crippen LogP contribution in [0.4, 0.5) is 5.00 Å². The molecule has 1 aromatic heterocycles. The minimum absolute atomic E-state index is 0.0124. The molecule has 146 valence electrons. The van der Waals surface area contributed by atoms with Crippen molar-refractivity contribution in [3.05, 3.63) is 86.8 Å². The van der Waals surface area contributed by atoms with Crippen molar-refractivity contribution >= 4 is 51.5 Å². The van der Waals surface area contributed by atoms with E-state index in [1.807, 2.05) is 52.9 Å². The van der Waals surface area contributed by atoms with Gasteiger partial charge >= 0.3 is 0 Å². The first-order chi connectivity index (χ1) is 14.2. The molecule has 1 aliphatic carbocycles. The predicted molar refractivity (Wildman–Crippen MR) is 126 cm³/mol. The van der Waals surface area contributed by atoms with Crippen LogP contribution in [-0.4, -0.2) is 16.3 Å². The number of rotatable bonds is 3. The van der Waals surface area contributed by atoms with Crippen LogP contribution in [0.2, 0.25) is 5.02 Å². The van der Waals surface area contributed by atoms with Gasteiger partial charge in [0.2, 0.25) is 0 Å². The van der Waals surface area contributed by atoms with Gasteiger partial charge in [-0.25, -0.2) is 5.01 Å². The van der Waals surface area contributed by atoms with E-state index in [2.05, 4.69) is 29.6 Å². The highest BCUT2D eigenvalue weighted by Crippen LogP contribution is 2.48. The molecule has 0 bridgehead atoms. The first-order valence-electron chi connectivity index (χ1n) is 9.80. The summed E-state index contributed by atoms with van der Waals surface area (Å²) in [6.07, 6.45) is 6.66. The number of hydrogen-bond acceptors (Lipinski definition) is 3. The number of anilines is 1. The Bertz CT molecular complexity index is 1070. The first-order valence-corrected chi connectivity index (χ1v) is 11.4. The second kappa shape index (κ2) is 7.90. The summed E-state index contributed by atoms with van der Waals surface area (Å²) >= 11 is 13.6. The number of halogens is 1. The lowest BCUT2D eigenvalue weighted by atomic mass is 9.89. The first kappa shape index (κ1) is 18.8. The van der Waals surface area contributed by atoms with Crippen LogP contribution >= 0.6 is 35.2 Å². The lowest BCUT2D eigenvalue weighted by molar-refractivity contribution is 0.377. The van der Waals surface area contributed by atoms with Crippen LogP contribution in [0.5, 0.6) is 0 Å². The summed E-state index contributed by atoms with van der Waals surface area (Å²) < 4.78 is 0. The van der Waals surface area contributed by atoms with Crippen molar-refractivity contribution in [2.75, 3.05) is 5.32 Å². The Morgan fingerprint density at radius 2 is 1.83 bits per heavy atom. The minimum Gasteiger partial charge on any atom is -0.322 e. The lowest BCUT2D eigenvalue weighted by Crippen LogP contribution is -2.39. The highest BCUT2D eigenvalue weighted by molar-refractivity contribution is 7.80. The molecular weight excluding hydrogens is 418 g/mol. The molecule has 3 nitrogen and oxygen atoms in total. The molecule has 1 unspecified atom stereocenters. The van der Waals surface area contributed by atoms with E-state index in [1.165, 1.54) is 39.4 Å². The molecule has 0 spiro atoms. The van der Waals surface area contributed by atoms with E-state index in [4.69, 9.17) is 28.9 Å². The number of benzene rings is 2. The molecule has 0 amide bonds. The average Bonchev–Trinajstić information content (AvgIpc) is 3.11. The van der Waals surface area contributed by atoms with Gasteiger partial charge in [-0.1, -0.05) is 54.1 Å². The Morgan fingerprint density at radius 3 is 2.62 bits per heavy atom. The second-order valence-electron chi connectivity index (χ2n) is 7.34. The van der Waals surface area contributed by atoms with E-state index < -0.39 is 0 Å². The minimum atomic E-state index is -0.0124. The van der Waals surface area contributed by atoms with Gasteiger partial charge < -0.3 is 5.32 Å². The van der Waals surface area contributed by atoms with Gasteiger partial charge in [0.25, 0.3) is 0 Å². The Kier molecular flexibility index (Phi) is 5.12. The van der Waals surface area contributed by atoms with Gasteiger partial charge in [-0.05, 0) is 66.7 Å². The summed E-state index contributed by atoms with van der Waals surface area (Å²) in [4.78, 5) is 1.50. The number of nitrogens with zero attached hydrogens (tertiary/aromatic N) is 2. The summed E-state index contributed by atoms with van der Waals surface area (Å²) in [6.45, 7) is 0. The molecule has 2 aliphatic rings. The van der Waals surface area contributed by atoms with Crippen molar-refractivity contribution in [1.82, 2.24) is 5.01 Å². The summed E-state index contributed by atoms with van der Waals surface area (Å²) in [7, 11) is 0. The van der Waals surface area contributed by atoms with Gasteiger partial charge in [0.15, 0.2) is 5.11 Å². The van der Waals surface area contributed by atoms with E-state index in [0.717, 1.165) is 18.4 Å². The van der Waals surface area contributed by atoms with Crippen LogP contribution in [0, 0.1) is 0 Å². The summed E-state index contributed by atoms with van der Waals surface area (Å²) in [5.41, 5.74) is 5.03.